The number of phenols is 1. The van der Waals surface area contributed by atoms with Gasteiger partial charge >= 0.3 is 0 Å². The maximum absolute atomic E-state index is 13.0. The Kier molecular flexibility index (Phi) is 4.52. The van der Waals surface area contributed by atoms with Gasteiger partial charge in [0, 0.05) is 0 Å². The summed E-state index contributed by atoms with van der Waals surface area (Å²) in [7, 11) is 1.47. The first-order chi connectivity index (χ1) is 11.5. The maximum atomic E-state index is 13.0. The molecule has 0 spiro atoms. The Balaban J connectivity index is 1.94. The number of carbonyl (C=O) groups excluding carboxylic acids is 1. The summed E-state index contributed by atoms with van der Waals surface area (Å²) >= 11 is 1.00. The highest BCUT2D eigenvalue weighted by Crippen LogP contribution is 2.31. The fourth-order valence-corrected chi connectivity index (χ4v) is 2.84. The zero-order valence-electron chi connectivity index (χ0n) is 12.6. The highest BCUT2D eigenvalue weighted by atomic mass is 32.2. The van der Waals surface area contributed by atoms with Crippen molar-refractivity contribution in [3.8, 4) is 11.5 Å². The average Bonchev–Trinajstić information content (AvgIpc) is 2.89. The number of carbonyl (C=O) groups is 1. The third-order valence-electron chi connectivity index (χ3n) is 3.22. The standard InChI is InChI=1S/C17H13FN2O3S/c1-23-14-7-2-10(8-13(14)21)9-15-16(20-17(22)24-15)19-12-5-3-11(18)4-6-12/h2-9,21H,1H3,(H,19,20,22)/b15-9-. The molecule has 24 heavy (non-hydrogen) atoms. The molecule has 0 aliphatic carbocycles. The predicted molar refractivity (Wildman–Crippen MR) is 92.3 cm³/mol. The van der Waals surface area contributed by atoms with Gasteiger partial charge in [0.25, 0.3) is 5.24 Å². The molecule has 1 aliphatic rings. The smallest absolute Gasteiger partial charge is 0.289 e. The molecule has 0 bridgehead atoms. The number of nitrogens with one attached hydrogen (secondary N) is 1. The molecule has 0 atom stereocenters. The van der Waals surface area contributed by atoms with E-state index < -0.39 is 0 Å². The molecule has 2 aromatic rings. The summed E-state index contributed by atoms with van der Waals surface area (Å²) in [6.45, 7) is 0. The van der Waals surface area contributed by atoms with Crippen molar-refractivity contribution in [1.29, 1.82) is 0 Å². The van der Waals surface area contributed by atoms with E-state index in [1.54, 1.807) is 18.2 Å². The quantitative estimate of drug-likeness (QED) is 0.880. The van der Waals surface area contributed by atoms with Crippen LogP contribution in [0.4, 0.5) is 14.9 Å². The first kappa shape index (κ1) is 16.1. The molecule has 0 radical (unpaired) electrons. The van der Waals surface area contributed by atoms with Crippen LogP contribution in [0.5, 0.6) is 11.5 Å². The largest absolute Gasteiger partial charge is 0.504 e. The van der Waals surface area contributed by atoms with Gasteiger partial charge in [-0.1, -0.05) is 6.07 Å². The third kappa shape index (κ3) is 3.57. The second kappa shape index (κ2) is 6.76. The van der Waals surface area contributed by atoms with Gasteiger partial charge in [0.2, 0.25) is 0 Å². The first-order valence-corrected chi connectivity index (χ1v) is 7.79. The van der Waals surface area contributed by atoms with E-state index in [1.165, 1.54) is 37.4 Å². The SMILES string of the molecule is COc1ccc(/C=C2\SC(=O)NC2=Nc2ccc(F)cc2)cc1O. The van der Waals surface area contributed by atoms with E-state index in [4.69, 9.17) is 4.74 Å². The summed E-state index contributed by atoms with van der Waals surface area (Å²) in [6, 6.07) is 10.6. The van der Waals surface area contributed by atoms with Crippen molar-refractivity contribution in [3.63, 3.8) is 0 Å². The van der Waals surface area contributed by atoms with Crippen LogP contribution in [0.25, 0.3) is 6.08 Å². The number of hydrogen-bond acceptors (Lipinski definition) is 5. The zero-order valence-corrected chi connectivity index (χ0v) is 13.4. The monoisotopic (exact) mass is 344 g/mol. The van der Waals surface area contributed by atoms with Crippen molar-refractivity contribution in [2.24, 2.45) is 4.99 Å². The Morgan fingerprint density at radius 2 is 2.00 bits per heavy atom. The second-order valence-corrected chi connectivity index (χ2v) is 5.91. The van der Waals surface area contributed by atoms with E-state index in [1.807, 2.05) is 0 Å². The fourth-order valence-electron chi connectivity index (χ4n) is 2.11. The van der Waals surface area contributed by atoms with E-state index >= 15 is 0 Å². The Morgan fingerprint density at radius 3 is 2.67 bits per heavy atom. The van der Waals surface area contributed by atoms with E-state index in [9.17, 15) is 14.3 Å². The lowest BCUT2D eigenvalue weighted by Gasteiger charge is -2.04. The first-order valence-electron chi connectivity index (χ1n) is 6.97. The molecule has 0 saturated carbocycles. The predicted octanol–water partition coefficient (Wildman–Crippen LogP) is 4.07. The molecule has 122 valence electrons. The minimum absolute atomic E-state index is 0.00570. The van der Waals surface area contributed by atoms with Crippen LogP contribution in [0, 0.1) is 5.82 Å². The lowest BCUT2D eigenvalue weighted by Crippen LogP contribution is -2.18. The number of aliphatic imine (C=N–C) groups is 1. The van der Waals surface area contributed by atoms with Crippen LogP contribution in [-0.2, 0) is 0 Å². The van der Waals surface area contributed by atoms with Gasteiger partial charge in [-0.3, -0.25) is 4.79 Å². The summed E-state index contributed by atoms with van der Waals surface area (Å²) in [5, 5.41) is 12.2. The number of methoxy groups -OCH3 is 1. The number of rotatable bonds is 3. The number of amidine groups is 1. The van der Waals surface area contributed by atoms with E-state index in [-0.39, 0.29) is 16.8 Å². The highest BCUT2D eigenvalue weighted by Gasteiger charge is 2.23. The molecule has 1 aliphatic heterocycles. The molecule has 0 unspecified atom stereocenters. The molecule has 7 heteroatoms. The van der Waals surface area contributed by atoms with Gasteiger partial charge in [0.15, 0.2) is 11.5 Å². The molecule has 0 aromatic heterocycles. The third-order valence-corrected chi connectivity index (χ3v) is 4.04. The molecule has 2 N–H and O–H groups in total. The Labute approximate surface area is 141 Å². The van der Waals surface area contributed by atoms with Gasteiger partial charge in [-0.25, -0.2) is 9.38 Å². The van der Waals surface area contributed by atoms with Gasteiger partial charge in [-0.15, -0.1) is 0 Å². The number of phenolic OH excluding ortho intramolecular Hbond substituents is 1. The zero-order chi connectivity index (χ0) is 17.1. The van der Waals surface area contributed by atoms with Crippen LogP contribution in [0.2, 0.25) is 0 Å². The Bertz CT molecular complexity index is 847. The lowest BCUT2D eigenvalue weighted by atomic mass is 10.2. The van der Waals surface area contributed by atoms with Crippen LogP contribution >= 0.6 is 11.8 Å². The van der Waals surface area contributed by atoms with Gasteiger partial charge in [0.1, 0.15) is 11.7 Å². The van der Waals surface area contributed by atoms with Crippen LogP contribution in [0.1, 0.15) is 5.56 Å². The Morgan fingerprint density at radius 1 is 1.25 bits per heavy atom. The van der Waals surface area contributed by atoms with Crippen LogP contribution < -0.4 is 10.1 Å². The van der Waals surface area contributed by atoms with Gasteiger partial charge < -0.3 is 15.2 Å². The van der Waals surface area contributed by atoms with Crippen LogP contribution in [0.15, 0.2) is 52.4 Å². The summed E-state index contributed by atoms with van der Waals surface area (Å²) < 4.78 is 18.0. The number of thioether (sulfide) groups is 1. The summed E-state index contributed by atoms with van der Waals surface area (Å²) in [6.07, 6.45) is 1.73. The molecular formula is C17H13FN2O3S. The summed E-state index contributed by atoms with van der Waals surface area (Å²) in [4.78, 5) is 16.6. The van der Waals surface area contributed by atoms with Crippen LogP contribution in [-0.4, -0.2) is 23.3 Å². The number of benzene rings is 2. The van der Waals surface area contributed by atoms with Crippen molar-refractivity contribution >= 4 is 34.6 Å². The van der Waals surface area contributed by atoms with Crippen molar-refractivity contribution in [2.75, 3.05) is 7.11 Å². The van der Waals surface area contributed by atoms with Crippen LogP contribution in [0.3, 0.4) is 0 Å². The number of nitrogens with zero attached hydrogens (tertiary/aromatic N) is 1. The number of hydrogen-bond donors (Lipinski definition) is 2. The Hall–Kier alpha value is -2.80. The van der Waals surface area contributed by atoms with Crippen molar-refractivity contribution in [3.05, 3.63) is 58.8 Å². The minimum Gasteiger partial charge on any atom is -0.504 e. The molecule has 1 amide bonds. The lowest BCUT2D eigenvalue weighted by molar-refractivity contribution is 0.265. The highest BCUT2D eigenvalue weighted by molar-refractivity contribution is 8.18. The molecular weight excluding hydrogens is 331 g/mol. The van der Waals surface area contributed by atoms with Gasteiger partial charge in [-0.2, -0.15) is 0 Å². The number of amides is 1. The maximum Gasteiger partial charge on any atom is 0.289 e. The van der Waals surface area contributed by atoms with Crippen molar-refractivity contribution in [2.45, 2.75) is 0 Å². The summed E-state index contributed by atoms with van der Waals surface area (Å²) in [5.41, 5.74) is 1.22. The second-order valence-electron chi connectivity index (χ2n) is 4.89. The minimum atomic E-state index is -0.353. The number of aromatic hydroxyl groups is 1. The van der Waals surface area contributed by atoms with E-state index in [2.05, 4.69) is 10.3 Å². The van der Waals surface area contributed by atoms with E-state index in [0.29, 0.717) is 27.7 Å². The van der Waals surface area contributed by atoms with Gasteiger partial charge in [-0.05, 0) is 59.8 Å². The van der Waals surface area contributed by atoms with Crippen molar-refractivity contribution < 1.29 is 19.0 Å². The summed E-state index contributed by atoms with van der Waals surface area (Å²) in [5.74, 6) is 0.400. The van der Waals surface area contributed by atoms with Crippen molar-refractivity contribution in [1.82, 2.24) is 5.32 Å². The average molecular weight is 344 g/mol. The van der Waals surface area contributed by atoms with Gasteiger partial charge in [0.05, 0.1) is 17.7 Å². The molecule has 3 rings (SSSR count). The molecule has 5 nitrogen and oxygen atoms in total. The normalized spacial score (nSPS) is 17.3. The molecule has 2 aromatic carbocycles. The molecule has 1 heterocycles. The number of ether oxygens (including phenoxy) is 1. The van der Waals surface area contributed by atoms with E-state index in [0.717, 1.165) is 11.8 Å². The topological polar surface area (TPSA) is 70.9 Å². The number of halogens is 1. The molecule has 1 fully saturated rings. The molecule has 1 saturated heterocycles. The fraction of sp³-hybridized carbons (Fsp3) is 0.0588.